The Bertz CT molecular complexity index is 759. The molecule has 0 unspecified atom stereocenters. The van der Waals surface area contributed by atoms with Gasteiger partial charge in [-0.25, -0.2) is 4.79 Å². The summed E-state index contributed by atoms with van der Waals surface area (Å²) in [6, 6.07) is 6.36. The van der Waals surface area contributed by atoms with Gasteiger partial charge in [-0.05, 0) is 49.9 Å². The molecule has 3 rings (SSSR count). The summed E-state index contributed by atoms with van der Waals surface area (Å²) in [5.41, 5.74) is 1.22. The van der Waals surface area contributed by atoms with Crippen molar-refractivity contribution in [1.82, 2.24) is 10.2 Å². The molecule has 2 amide bonds. The molecule has 1 atom stereocenters. The molecule has 0 spiro atoms. The largest absolute Gasteiger partial charge is 0.346 e. The molecule has 1 aromatic carbocycles. The SMILES string of the molecule is CC(=O)c1ccc(NC(=O)Nc2nnc(N3CCC[C@H](C)C3)s2)cc1. The molecule has 2 heterocycles. The number of aromatic nitrogens is 2. The van der Waals surface area contributed by atoms with Crippen LogP contribution in [0.4, 0.5) is 20.7 Å². The van der Waals surface area contributed by atoms with Gasteiger partial charge in [-0.3, -0.25) is 10.1 Å². The molecule has 132 valence electrons. The Morgan fingerprint density at radius 2 is 1.96 bits per heavy atom. The van der Waals surface area contributed by atoms with Crippen LogP contribution < -0.4 is 15.5 Å². The summed E-state index contributed by atoms with van der Waals surface area (Å²) < 4.78 is 0. The standard InChI is InChI=1S/C17H21N5O2S/c1-11-4-3-9-22(10-11)17-21-20-16(25-17)19-15(24)18-14-7-5-13(6-8-14)12(2)23/h5-8,11H,3-4,9-10H2,1-2H3,(H2,18,19,20,24)/t11-/m0/s1. The Morgan fingerprint density at radius 1 is 1.20 bits per heavy atom. The van der Waals surface area contributed by atoms with Crippen LogP contribution in [0.5, 0.6) is 0 Å². The molecule has 1 saturated heterocycles. The summed E-state index contributed by atoms with van der Waals surface area (Å²) in [5, 5.41) is 14.9. The second kappa shape index (κ2) is 7.60. The van der Waals surface area contributed by atoms with Crippen molar-refractivity contribution in [1.29, 1.82) is 0 Å². The molecular weight excluding hydrogens is 338 g/mol. The molecule has 0 saturated carbocycles. The predicted molar refractivity (Wildman–Crippen MR) is 99.6 cm³/mol. The van der Waals surface area contributed by atoms with Gasteiger partial charge in [-0.15, -0.1) is 10.2 Å². The smallest absolute Gasteiger partial charge is 0.325 e. The third-order valence-electron chi connectivity index (χ3n) is 4.11. The number of ketones is 1. The number of nitrogens with one attached hydrogen (secondary N) is 2. The zero-order valence-corrected chi connectivity index (χ0v) is 15.1. The zero-order valence-electron chi connectivity index (χ0n) is 14.3. The van der Waals surface area contributed by atoms with E-state index in [0.29, 0.717) is 22.3 Å². The summed E-state index contributed by atoms with van der Waals surface area (Å²) >= 11 is 1.37. The van der Waals surface area contributed by atoms with E-state index in [-0.39, 0.29) is 11.8 Å². The highest BCUT2D eigenvalue weighted by Gasteiger charge is 2.20. The molecule has 0 radical (unpaired) electrons. The average Bonchev–Trinajstić information content (AvgIpc) is 3.03. The molecule has 7 nitrogen and oxygen atoms in total. The van der Waals surface area contributed by atoms with Crippen LogP contribution in [-0.2, 0) is 0 Å². The van der Waals surface area contributed by atoms with Gasteiger partial charge < -0.3 is 10.2 Å². The van der Waals surface area contributed by atoms with E-state index in [4.69, 9.17) is 0 Å². The summed E-state index contributed by atoms with van der Waals surface area (Å²) in [4.78, 5) is 25.5. The highest BCUT2D eigenvalue weighted by molar-refractivity contribution is 7.19. The number of piperidine rings is 1. The number of benzene rings is 1. The molecule has 2 aromatic rings. The molecule has 2 N–H and O–H groups in total. The molecule has 1 aliphatic rings. The van der Waals surface area contributed by atoms with E-state index in [0.717, 1.165) is 24.6 Å². The monoisotopic (exact) mass is 359 g/mol. The highest BCUT2D eigenvalue weighted by Crippen LogP contribution is 2.28. The van der Waals surface area contributed by atoms with Crippen LogP contribution in [0, 0.1) is 5.92 Å². The van der Waals surface area contributed by atoms with E-state index >= 15 is 0 Å². The van der Waals surface area contributed by atoms with Gasteiger partial charge in [-0.2, -0.15) is 0 Å². The van der Waals surface area contributed by atoms with Gasteiger partial charge in [0.05, 0.1) is 0 Å². The van der Waals surface area contributed by atoms with Crippen molar-refractivity contribution < 1.29 is 9.59 Å². The predicted octanol–water partition coefficient (Wildman–Crippen LogP) is 3.62. The van der Waals surface area contributed by atoms with Gasteiger partial charge >= 0.3 is 6.03 Å². The minimum atomic E-state index is -0.384. The summed E-state index contributed by atoms with van der Waals surface area (Å²) in [6.45, 7) is 5.69. The van der Waals surface area contributed by atoms with Crippen LogP contribution in [0.3, 0.4) is 0 Å². The number of carbonyl (C=O) groups excluding carboxylic acids is 2. The van der Waals surface area contributed by atoms with Gasteiger partial charge in [-0.1, -0.05) is 18.3 Å². The fraction of sp³-hybridized carbons (Fsp3) is 0.412. The molecule has 1 aromatic heterocycles. The maximum atomic E-state index is 12.1. The van der Waals surface area contributed by atoms with Crippen LogP contribution in [0.2, 0.25) is 0 Å². The lowest BCUT2D eigenvalue weighted by atomic mass is 10.0. The van der Waals surface area contributed by atoms with Crippen molar-refractivity contribution in [3.8, 4) is 0 Å². The number of hydrogen-bond donors (Lipinski definition) is 2. The normalized spacial score (nSPS) is 17.2. The molecule has 25 heavy (non-hydrogen) atoms. The van der Waals surface area contributed by atoms with E-state index in [1.54, 1.807) is 24.3 Å². The van der Waals surface area contributed by atoms with E-state index in [2.05, 4.69) is 32.7 Å². The van der Waals surface area contributed by atoms with Crippen molar-refractivity contribution in [2.75, 3.05) is 28.6 Å². The number of Topliss-reactive ketones (excluding diaryl/α,β-unsaturated/α-hetero) is 1. The third kappa shape index (κ3) is 4.54. The fourth-order valence-corrected chi connectivity index (χ4v) is 3.58. The van der Waals surface area contributed by atoms with Crippen molar-refractivity contribution >= 4 is 39.1 Å². The summed E-state index contributed by atoms with van der Waals surface area (Å²) in [6.07, 6.45) is 2.39. The number of carbonyl (C=O) groups is 2. The number of rotatable bonds is 4. The minimum Gasteiger partial charge on any atom is -0.346 e. The van der Waals surface area contributed by atoms with Crippen LogP contribution in [0.15, 0.2) is 24.3 Å². The third-order valence-corrected chi connectivity index (χ3v) is 5.01. The zero-order chi connectivity index (χ0) is 17.8. The Labute approximate surface area is 150 Å². The molecular formula is C17H21N5O2S. The van der Waals surface area contributed by atoms with Crippen molar-refractivity contribution in [3.63, 3.8) is 0 Å². The molecule has 8 heteroatoms. The Kier molecular flexibility index (Phi) is 5.28. The lowest BCUT2D eigenvalue weighted by molar-refractivity contribution is 0.101. The summed E-state index contributed by atoms with van der Waals surface area (Å²) in [5.74, 6) is 0.639. The van der Waals surface area contributed by atoms with Gasteiger partial charge in [0.1, 0.15) is 0 Å². The number of nitrogens with zero attached hydrogens (tertiary/aromatic N) is 3. The topological polar surface area (TPSA) is 87.2 Å². The second-order valence-corrected chi connectivity index (χ2v) is 7.25. The molecule has 1 fully saturated rings. The van der Waals surface area contributed by atoms with Crippen LogP contribution in [0.25, 0.3) is 0 Å². The van der Waals surface area contributed by atoms with E-state index < -0.39 is 0 Å². The first-order valence-electron chi connectivity index (χ1n) is 8.28. The van der Waals surface area contributed by atoms with Crippen LogP contribution in [0.1, 0.15) is 37.0 Å². The molecule has 0 aliphatic carbocycles. The van der Waals surface area contributed by atoms with E-state index in [1.165, 1.54) is 24.7 Å². The van der Waals surface area contributed by atoms with Gasteiger partial charge in [0.15, 0.2) is 5.78 Å². The van der Waals surface area contributed by atoms with Crippen LogP contribution in [-0.4, -0.2) is 35.1 Å². The van der Waals surface area contributed by atoms with E-state index in [9.17, 15) is 9.59 Å². The number of hydrogen-bond acceptors (Lipinski definition) is 6. The van der Waals surface area contributed by atoms with Gasteiger partial charge in [0.2, 0.25) is 10.3 Å². The second-order valence-electron chi connectivity index (χ2n) is 6.30. The number of urea groups is 1. The first-order chi connectivity index (χ1) is 12.0. The number of anilines is 3. The van der Waals surface area contributed by atoms with Crippen molar-refractivity contribution in [2.45, 2.75) is 26.7 Å². The molecule has 1 aliphatic heterocycles. The summed E-state index contributed by atoms with van der Waals surface area (Å²) in [7, 11) is 0. The Balaban J connectivity index is 1.57. The van der Waals surface area contributed by atoms with Crippen molar-refractivity contribution in [3.05, 3.63) is 29.8 Å². The van der Waals surface area contributed by atoms with Crippen LogP contribution >= 0.6 is 11.3 Å². The Morgan fingerprint density at radius 3 is 2.64 bits per heavy atom. The highest BCUT2D eigenvalue weighted by atomic mass is 32.1. The fourth-order valence-electron chi connectivity index (χ4n) is 2.80. The number of amides is 2. The quantitative estimate of drug-likeness (QED) is 0.814. The molecule has 0 bridgehead atoms. The maximum absolute atomic E-state index is 12.1. The first kappa shape index (κ1) is 17.3. The Hall–Kier alpha value is -2.48. The minimum absolute atomic E-state index is 0.00979. The van der Waals surface area contributed by atoms with Gasteiger partial charge in [0, 0.05) is 24.3 Å². The lowest BCUT2D eigenvalue weighted by Gasteiger charge is -2.29. The first-order valence-corrected chi connectivity index (χ1v) is 9.10. The van der Waals surface area contributed by atoms with Crippen molar-refractivity contribution in [2.24, 2.45) is 5.92 Å². The average molecular weight is 359 g/mol. The lowest BCUT2D eigenvalue weighted by Crippen LogP contribution is -2.34. The van der Waals surface area contributed by atoms with E-state index in [1.807, 2.05) is 0 Å². The maximum Gasteiger partial charge on any atom is 0.325 e. The van der Waals surface area contributed by atoms with Gasteiger partial charge in [0.25, 0.3) is 0 Å².